The van der Waals surface area contributed by atoms with Crippen LogP contribution in [0.3, 0.4) is 0 Å². The highest BCUT2D eigenvalue weighted by Gasteiger charge is 2.30. The second-order valence-electron chi connectivity index (χ2n) is 9.02. The van der Waals surface area contributed by atoms with Gasteiger partial charge in [-0.1, -0.05) is 6.92 Å². The number of benzene rings is 1. The molecule has 1 fully saturated rings. The molecule has 1 aromatic carbocycles. The Morgan fingerprint density at radius 3 is 2.76 bits per heavy atom. The largest absolute Gasteiger partial charge is 0.379 e. The highest BCUT2D eigenvalue weighted by atomic mass is 32.2. The summed E-state index contributed by atoms with van der Waals surface area (Å²) in [4.78, 5) is 15.6. The molecule has 3 aromatic rings. The van der Waals surface area contributed by atoms with E-state index in [1.165, 1.54) is 16.4 Å². The van der Waals surface area contributed by atoms with E-state index in [0.717, 1.165) is 41.6 Å². The quantitative estimate of drug-likeness (QED) is 0.292. The number of aryl methyl sites for hydroxylation is 3. The number of hydrogen-bond donors (Lipinski definition) is 1. The predicted molar refractivity (Wildman–Crippen MR) is 130 cm³/mol. The fourth-order valence-corrected chi connectivity index (χ4v) is 6.05. The average Bonchev–Trinajstić information content (AvgIpc) is 3.19. The number of piperidine rings is 1. The van der Waals surface area contributed by atoms with E-state index < -0.39 is 14.9 Å². The highest BCUT2D eigenvalue weighted by molar-refractivity contribution is 7.89. The van der Waals surface area contributed by atoms with Gasteiger partial charge in [0, 0.05) is 43.2 Å². The molecule has 1 atom stereocenters. The van der Waals surface area contributed by atoms with E-state index in [4.69, 9.17) is 0 Å². The first-order chi connectivity index (χ1) is 16.1. The molecule has 0 unspecified atom stereocenters. The first-order valence-corrected chi connectivity index (χ1v) is 12.9. The van der Waals surface area contributed by atoms with Crippen molar-refractivity contribution in [2.45, 2.75) is 51.3 Å². The van der Waals surface area contributed by atoms with Crippen LogP contribution in [0.2, 0.25) is 0 Å². The van der Waals surface area contributed by atoms with Gasteiger partial charge in [-0.3, -0.25) is 10.1 Å². The molecule has 0 saturated carbocycles. The second kappa shape index (κ2) is 9.67. The monoisotopic (exact) mass is 486 g/mol. The maximum atomic E-state index is 13.0. The number of rotatable bonds is 8. The molecule has 10 nitrogen and oxygen atoms in total. The van der Waals surface area contributed by atoms with Gasteiger partial charge in [0.1, 0.15) is 5.69 Å². The van der Waals surface area contributed by atoms with Crippen LogP contribution in [-0.4, -0.2) is 51.9 Å². The minimum atomic E-state index is -3.76. The summed E-state index contributed by atoms with van der Waals surface area (Å²) in [5.74, 6) is 0.274. The number of hydrogen-bond acceptors (Lipinski definition) is 7. The molecule has 34 heavy (non-hydrogen) atoms. The van der Waals surface area contributed by atoms with E-state index in [2.05, 4.69) is 15.4 Å². The van der Waals surface area contributed by atoms with Crippen molar-refractivity contribution in [3.63, 3.8) is 0 Å². The molecule has 0 bridgehead atoms. The van der Waals surface area contributed by atoms with E-state index in [1.54, 1.807) is 0 Å². The van der Waals surface area contributed by atoms with E-state index in [0.29, 0.717) is 38.2 Å². The van der Waals surface area contributed by atoms with Crippen LogP contribution in [-0.2, 0) is 16.4 Å². The number of fused-ring (bicyclic) bond motifs is 1. The molecule has 0 amide bonds. The van der Waals surface area contributed by atoms with Crippen molar-refractivity contribution in [3.05, 3.63) is 57.5 Å². The number of nitro groups is 1. The second-order valence-corrected chi connectivity index (χ2v) is 11.0. The summed E-state index contributed by atoms with van der Waals surface area (Å²) in [5, 5.41) is 19.3. The molecule has 3 heterocycles. The van der Waals surface area contributed by atoms with Crippen LogP contribution in [0.1, 0.15) is 43.3 Å². The van der Waals surface area contributed by atoms with Gasteiger partial charge in [0.2, 0.25) is 10.0 Å². The van der Waals surface area contributed by atoms with Crippen molar-refractivity contribution in [3.8, 4) is 0 Å². The normalized spacial score (nSPS) is 17.2. The van der Waals surface area contributed by atoms with Gasteiger partial charge in [-0.15, -0.1) is 0 Å². The molecule has 182 valence electrons. The minimum absolute atomic E-state index is 0.0401. The van der Waals surface area contributed by atoms with Gasteiger partial charge in [-0.05, 0) is 63.6 Å². The molecule has 0 spiro atoms. The van der Waals surface area contributed by atoms with E-state index >= 15 is 0 Å². The summed E-state index contributed by atoms with van der Waals surface area (Å²) in [6.45, 7) is 7.30. The van der Waals surface area contributed by atoms with Gasteiger partial charge >= 0.3 is 0 Å². The third kappa shape index (κ3) is 5.05. The van der Waals surface area contributed by atoms with Crippen LogP contribution in [0.15, 0.2) is 35.2 Å². The van der Waals surface area contributed by atoms with Gasteiger partial charge in [-0.25, -0.2) is 17.9 Å². The molecule has 1 saturated heterocycles. The molecule has 4 rings (SSSR count). The molecular formula is C23H30N6O4S. The number of anilines is 1. The fraction of sp³-hybridized carbons (Fsp3) is 0.478. The van der Waals surface area contributed by atoms with Gasteiger partial charge in [0.25, 0.3) is 5.69 Å². The molecule has 1 aliphatic rings. The molecule has 1 N–H and O–H groups in total. The van der Waals surface area contributed by atoms with Gasteiger partial charge in [-0.2, -0.15) is 9.40 Å². The maximum Gasteiger partial charge on any atom is 0.293 e. The summed E-state index contributed by atoms with van der Waals surface area (Å²) in [7, 11) is -3.76. The van der Waals surface area contributed by atoms with E-state index in [1.807, 2.05) is 37.4 Å². The highest BCUT2D eigenvalue weighted by Crippen LogP contribution is 2.30. The van der Waals surface area contributed by atoms with Crippen LogP contribution < -0.4 is 5.32 Å². The topological polar surface area (TPSA) is 123 Å². The fourth-order valence-electron chi connectivity index (χ4n) is 4.44. The van der Waals surface area contributed by atoms with Gasteiger partial charge in [0.15, 0.2) is 5.65 Å². The number of aromatic nitrogens is 3. The summed E-state index contributed by atoms with van der Waals surface area (Å²) >= 11 is 0. The third-order valence-corrected chi connectivity index (χ3v) is 7.99. The van der Waals surface area contributed by atoms with Crippen molar-refractivity contribution in [1.82, 2.24) is 18.9 Å². The summed E-state index contributed by atoms with van der Waals surface area (Å²) in [5.41, 5.74) is 3.71. The SMILES string of the molecule is Cc1cc(C)n2nc(CCCNc3ccc(S(=O)(=O)N4CCC[C@@H](C)C4)cc3[N+](=O)[O-])cc2n1. The Bertz CT molecular complexity index is 1320. The van der Waals surface area contributed by atoms with Crippen LogP contribution in [0.4, 0.5) is 11.4 Å². The Balaban J connectivity index is 1.43. The number of nitrogens with zero attached hydrogens (tertiary/aromatic N) is 5. The Morgan fingerprint density at radius 2 is 2.03 bits per heavy atom. The number of nitrogens with one attached hydrogen (secondary N) is 1. The van der Waals surface area contributed by atoms with E-state index in [-0.39, 0.29) is 16.5 Å². The smallest absolute Gasteiger partial charge is 0.293 e. The lowest BCUT2D eigenvalue weighted by molar-refractivity contribution is -0.384. The Kier molecular flexibility index (Phi) is 6.85. The Labute approximate surface area is 199 Å². The maximum absolute atomic E-state index is 13.0. The van der Waals surface area contributed by atoms with Crippen LogP contribution in [0, 0.1) is 29.9 Å². The molecule has 0 radical (unpaired) electrons. The number of sulfonamides is 1. The lowest BCUT2D eigenvalue weighted by Crippen LogP contribution is -2.39. The summed E-state index contributed by atoms with van der Waals surface area (Å²) < 4.78 is 29.3. The first-order valence-electron chi connectivity index (χ1n) is 11.5. The van der Waals surface area contributed by atoms with Crippen LogP contribution >= 0.6 is 0 Å². The predicted octanol–water partition coefficient (Wildman–Crippen LogP) is 3.72. The lowest BCUT2D eigenvalue weighted by Gasteiger charge is -2.30. The van der Waals surface area contributed by atoms with Crippen molar-refractivity contribution in [1.29, 1.82) is 0 Å². The summed E-state index contributed by atoms with van der Waals surface area (Å²) in [6, 6.07) is 8.02. The van der Waals surface area contributed by atoms with Gasteiger partial charge in [0.05, 0.1) is 15.5 Å². The molecule has 0 aliphatic carbocycles. The Hall–Kier alpha value is -3.05. The first kappa shape index (κ1) is 24.1. The zero-order valence-corrected chi connectivity index (χ0v) is 20.5. The van der Waals surface area contributed by atoms with Crippen molar-refractivity contribution in [2.24, 2.45) is 5.92 Å². The lowest BCUT2D eigenvalue weighted by atomic mass is 10.0. The standard InChI is InChI=1S/C23H30N6O4S/c1-16-6-5-11-27(15-16)34(32,33)20-8-9-21(22(14-20)29(30)31)24-10-4-7-19-13-23-25-17(2)12-18(3)28(23)26-19/h8-9,12-14,16,24H,4-7,10-11,15H2,1-3H3/t16-/m1/s1. The van der Waals surface area contributed by atoms with Gasteiger partial charge < -0.3 is 5.32 Å². The minimum Gasteiger partial charge on any atom is -0.379 e. The zero-order chi connectivity index (χ0) is 24.5. The molecular weight excluding hydrogens is 456 g/mol. The van der Waals surface area contributed by atoms with Crippen molar-refractivity contribution in [2.75, 3.05) is 25.0 Å². The molecule has 2 aromatic heterocycles. The average molecular weight is 487 g/mol. The van der Waals surface area contributed by atoms with Crippen LogP contribution in [0.5, 0.6) is 0 Å². The van der Waals surface area contributed by atoms with Crippen molar-refractivity contribution < 1.29 is 13.3 Å². The molecule has 11 heteroatoms. The Morgan fingerprint density at radius 1 is 1.24 bits per heavy atom. The van der Waals surface area contributed by atoms with E-state index in [9.17, 15) is 18.5 Å². The number of nitro benzene ring substituents is 1. The molecule has 1 aliphatic heterocycles. The summed E-state index contributed by atoms with van der Waals surface area (Å²) in [6.07, 6.45) is 3.16. The third-order valence-electron chi connectivity index (χ3n) is 6.13. The zero-order valence-electron chi connectivity index (χ0n) is 19.7. The van der Waals surface area contributed by atoms with Crippen LogP contribution in [0.25, 0.3) is 5.65 Å². The van der Waals surface area contributed by atoms with Crippen molar-refractivity contribution >= 4 is 27.0 Å².